The first kappa shape index (κ1) is 17.4. The molecule has 0 aromatic carbocycles. The Morgan fingerprint density at radius 1 is 0.944 bits per heavy atom. The SMILES string of the molecule is CCOCCOCCOCOC(=O)C(C)(C)CC. The van der Waals surface area contributed by atoms with Gasteiger partial charge in [-0.3, -0.25) is 4.79 Å². The maximum atomic E-state index is 11.6. The molecule has 0 saturated carbocycles. The summed E-state index contributed by atoms with van der Waals surface area (Å²) in [6, 6.07) is 0. The van der Waals surface area contributed by atoms with Gasteiger partial charge in [-0.2, -0.15) is 0 Å². The van der Waals surface area contributed by atoms with E-state index in [1.54, 1.807) is 0 Å². The van der Waals surface area contributed by atoms with Crippen LogP contribution in [-0.2, 0) is 23.7 Å². The van der Waals surface area contributed by atoms with E-state index in [0.29, 0.717) is 33.0 Å². The molecule has 0 amide bonds. The van der Waals surface area contributed by atoms with E-state index in [0.717, 1.165) is 6.42 Å². The normalized spacial score (nSPS) is 11.6. The van der Waals surface area contributed by atoms with Crippen molar-refractivity contribution in [1.82, 2.24) is 0 Å². The van der Waals surface area contributed by atoms with E-state index < -0.39 is 5.41 Å². The van der Waals surface area contributed by atoms with Crippen LogP contribution in [0.15, 0.2) is 0 Å². The lowest BCUT2D eigenvalue weighted by atomic mass is 9.91. The minimum atomic E-state index is -0.447. The molecule has 0 bridgehead atoms. The number of esters is 1. The van der Waals surface area contributed by atoms with Gasteiger partial charge in [0, 0.05) is 6.61 Å². The molecule has 0 unspecified atom stereocenters. The van der Waals surface area contributed by atoms with Crippen LogP contribution in [0.5, 0.6) is 0 Å². The Hall–Kier alpha value is -0.650. The van der Waals surface area contributed by atoms with E-state index >= 15 is 0 Å². The van der Waals surface area contributed by atoms with Crippen LogP contribution in [0, 0.1) is 5.41 Å². The van der Waals surface area contributed by atoms with Crippen molar-refractivity contribution >= 4 is 5.97 Å². The molecule has 0 aromatic rings. The van der Waals surface area contributed by atoms with Crippen molar-refractivity contribution in [2.75, 3.05) is 39.8 Å². The van der Waals surface area contributed by atoms with Gasteiger partial charge in [0.1, 0.15) is 0 Å². The summed E-state index contributed by atoms with van der Waals surface area (Å²) in [7, 11) is 0. The lowest BCUT2D eigenvalue weighted by Crippen LogP contribution is -2.26. The van der Waals surface area contributed by atoms with E-state index in [1.807, 2.05) is 27.7 Å². The summed E-state index contributed by atoms with van der Waals surface area (Å²) in [5, 5.41) is 0. The monoisotopic (exact) mass is 262 g/mol. The molecule has 0 fully saturated rings. The largest absolute Gasteiger partial charge is 0.438 e. The number of hydrogen-bond donors (Lipinski definition) is 0. The van der Waals surface area contributed by atoms with Crippen molar-refractivity contribution < 1.29 is 23.7 Å². The molecule has 0 aliphatic heterocycles. The molecule has 0 heterocycles. The van der Waals surface area contributed by atoms with Gasteiger partial charge in [-0.05, 0) is 27.2 Å². The summed E-state index contributed by atoms with van der Waals surface area (Å²) >= 11 is 0. The predicted octanol–water partition coefficient (Wildman–Crippen LogP) is 1.99. The highest BCUT2D eigenvalue weighted by Gasteiger charge is 2.26. The van der Waals surface area contributed by atoms with Gasteiger partial charge in [0.25, 0.3) is 0 Å². The maximum absolute atomic E-state index is 11.6. The average Bonchev–Trinajstić information content (AvgIpc) is 2.36. The van der Waals surface area contributed by atoms with Gasteiger partial charge in [-0.1, -0.05) is 6.92 Å². The van der Waals surface area contributed by atoms with Crippen molar-refractivity contribution in [2.45, 2.75) is 34.1 Å². The molecular weight excluding hydrogens is 236 g/mol. The van der Waals surface area contributed by atoms with Crippen molar-refractivity contribution in [3.8, 4) is 0 Å². The van der Waals surface area contributed by atoms with E-state index in [-0.39, 0.29) is 12.8 Å². The molecule has 5 nitrogen and oxygen atoms in total. The van der Waals surface area contributed by atoms with E-state index in [1.165, 1.54) is 0 Å². The fourth-order valence-electron chi connectivity index (χ4n) is 0.976. The molecular formula is C13H26O5. The van der Waals surface area contributed by atoms with E-state index in [9.17, 15) is 4.79 Å². The fourth-order valence-corrected chi connectivity index (χ4v) is 0.976. The molecule has 0 spiro atoms. The Bertz CT molecular complexity index is 215. The van der Waals surface area contributed by atoms with Gasteiger partial charge in [-0.25, -0.2) is 0 Å². The molecule has 0 N–H and O–H groups in total. The number of carbonyl (C=O) groups is 1. The summed E-state index contributed by atoms with van der Waals surface area (Å²) in [6.07, 6.45) is 0.742. The second-order valence-corrected chi connectivity index (χ2v) is 4.50. The highest BCUT2D eigenvalue weighted by Crippen LogP contribution is 2.21. The summed E-state index contributed by atoms with van der Waals surface area (Å²) in [5.41, 5.74) is -0.447. The Morgan fingerprint density at radius 3 is 2.06 bits per heavy atom. The van der Waals surface area contributed by atoms with E-state index in [4.69, 9.17) is 18.9 Å². The number of hydrogen-bond acceptors (Lipinski definition) is 5. The predicted molar refractivity (Wildman–Crippen MR) is 68.3 cm³/mol. The zero-order valence-electron chi connectivity index (χ0n) is 12.0. The molecule has 18 heavy (non-hydrogen) atoms. The lowest BCUT2D eigenvalue weighted by molar-refractivity contribution is -0.168. The van der Waals surface area contributed by atoms with Crippen LogP contribution in [0.4, 0.5) is 0 Å². The van der Waals surface area contributed by atoms with Crippen molar-refractivity contribution in [1.29, 1.82) is 0 Å². The quantitative estimate of drug-likeness (QED) is 0.324. The van der Waals surface area contributed by atoms with Gasteiger partial charge in [0.05, 0.1) is 31.8 Å². The van der Waals surface area contributed by atoms with Crippen molar-refractivity contribution in [3.63, 3.8) is 0 Å². The van der Waals surface area contributed by atoms with Gasteiger partial charge in [-0.15, -0.1) is 0 Å². The third-order valence-electron chi connectivity index (χ3n) is 2.66. The summed E-state index contributed by atoms with van der Waals surface area (Å²) in [5.74, 6) is -0.234. The van der Waals surface area contributed by atoms with Gasteiger partial charge < -0.3 is 18.9 Å². The molecule has 0 rings (SSSR count). The maximum Gasteiger partial charge on any atom is 0.313 e. The highest BCUT2D eigenvalue weighted by atomic mass is 16.7. The molecule has 0 aromatic heterocycles. The van der Waals surface area contributed by atoms with Crippen LogP contribution in [0.2, 0.25) is 0 Å². The average molecular weight is 262 g/mol. The number of rotatable bonds is 11. The van der Waals surface area contributed by atoms with Gasteiger partial charge >= 0.3 is 5.97 Å². The molecule has 108 valence electrons. The second-order valence-electron chi connectivity index (χ2n) is 4.50. The van der Waals surface area contributed by atoms with Crippen LogP contribution in [0.25, 0.3) is 0 Å². The van der Waals surface area contributed by atoms with Crippen LogP contribution in [-0.4, -0.2) is 45.8 Å². The molecule has 0 saturated heterocycles. The topological polar surface area (TPSA) is 54.0 Å². The lowest BCUT2D eigenvalue weighted by Gasteiger charge is -2.20. The molecule has 0 aliphatic carbocycles. The van der Waals surface area contributed by atoms with Crippen molar-refractivity contribution in [3.05, 3.63) is 0 Å². The summed E-state index contributed by atoms with van der Waals surface area (Å²) in [4.78, 5) is 11.6. The first-order chi connectivity index (χ1) is 8.54. The number of ether oxygens (including phenoxy) is 4. The van der Waals surface area contributed by atoms with E-state index in [2.05, 4.69) is 0 Å². The smallest absolute Gasteiger partial charge is 0.313 e. The second kappa shape index (κ2) is 10.3. The minimum absolute atomic E-state index is 0.0168. The highest BCUT2D eigenvalue weighted by molar-refractivity contribution is 5.75. The Morgan fingerprint density at radius 2 is 1.50 bits per heavy atom. The summed E-state index contributed by atoms with van der Waals surface area (Å²) < 4.78 is 20.5. The van der Waals surface area contributed by atoms with Crippen LogP contribution in [0.1, 0.15) is 34.1 Å². The van der Waals surface area contributed by atoms with Gasteiger partial charge in [0.15, 0.2) is 6.79 Å². The molecule has 5 heteroatoms. The van der Waals surface area contributed by atoms with Crippen molar-refractivity contribution in [2.24, 2.45) is 5.41 Å². The standard InChI is InChI=1S/C13H26O5/c1-5-13(3,4)12(14)18-11-17-10-9-16-8-7-15-6-2/h5-11H2,1-4H3. The minimum Gasteiger partial charge on any atom is -0.438 e. The Balaban J connectivity index is 3.33. The first-order valence-electron chi connectivity index (χ1n) is 6.45. The van der Waals surface area contributed by atoms with Crippen LogP contribution < -0.4 is 0 Å². The molecule has 0 atom stereocenters. The van der Waals surface area contributed by atoms with Gasteiger partial charge in [0.2, 0.25) is 0 Å². The van der Waals surface area contributed by atoms with Crippen LogP contribution >= 0.6 is 0 Å². The Kier molecular flexibility index (Phi) is 9.92. The third kappa shape index (κ3) is 8.44. The Labute approximate surface area is 110 Å². The first-order valence-corrected chi connectivity index (χ1v) is 6.45. The van der Waals surface area contributed by atoms with Crippen LogP contribution in [0.3, 0.4) is 0 Å². The molecule has 0 radical (unpaired) electrons. The summed E-state index contributed by atoms with van der Waals surface area (Å²) in [6.45, 7) is 10.3. The zero-order valence-corrected chi connectivity index (χ0v) is 12.0. The number of carbonyl (C=O) groups excluding carboxylic acids is 1. The third-order valence-corrected chi connectivity index (χ3v) is 2.66. The zero-order chi connectivity index (χ0) is 13.9. The molecule has 0 aliphatic rings. The fraction of sp³-hybridized carbons (Fsp3) is 0.923.